The van der Waals surface area contributed by atoms with Gasteiger partial charge in [0.05, 0.1) is 5.69 Å². The molecule has 17 heavy (non-hydrogen) atoms. The van der Waals surface area contributed by atoms with Gasteiger partial charge in [-0.05, 0) is 53.4 Å². The minimum atomic E-state index is 0.496. The van der Waals surface area contributed by atoms with Gasteiger partial charge in [0, 0.05) is 22.9 Å². The first-order chi connectivity index (χ1) is 7.95. The number of alkyl halides is 1. The monoisotopic (exact) mass is 317 g/mol. The third-order valence-corrected chi connectivity index (χ3v) is 3.60. The number of halogens is 2. The normalized spacial score (nSPS) is 11.3. The van der Waals surface area contributed by atoms with Gasteiger partial charge >= 0.3 is 0 Å². The fourth-order valence-corrected chi connectivity index (χ4v) is 2.67. The highest BCUT2D eigenvalue weighted by atomic mass is 79.9. The molecule has 1 nitrogen and oxygen atoms in total. The number of benzene rings is 1. The summed E-state index contributed by atoms with van der Waals surface area (Å²) in [6.45, 7) is 10.0. The number of nitrogens with zero attached hydrogens (tertiary/aromatic N) is 1. The second kappa shape index (κ2) is 6.65. The van der Waals surface area contributed by atoms with E-state index in [0.29, 0.717) is 17.8 Å². The van der Waals surface area contributed by atoms with Crippen LogP contribution in [0.1, 0.15) is 33.3 Å². The van der Waals surface area contributed by atoms with Crippen LogP contribution < -0.4 is 4.90 Å². The van der Waals surface area contributed by atoms with Crippen LogP contribution in [0.25, 0.3) is 0 Å². The molecule has 0 saturated heterocycles. The van der Waals surface area contributed by atoms with Gasteiger partial charge < -0.3 is 4.90 Å². The zero-order valence-corrected chi connectivity index (χ0v) is 13.3. The molecule has 1 aromatic carbocycles. The van der Waals surface area contributed by atoms with Crippen LogP contribution in [0.4, 0.5) is 5.69 Å². The van der Waals surface area contributed by atoms with Gasteiger partial charge in [-0.3, -0.25) is 0 Å². The summed E-state index contributed by atoms with van der Waals surface area (Å²) in [6.07, 6.45) is 0. The Bertz CT molecular complexity index is 363. The van der Waals surface area contributed by atoms with Crippen molar-refractivity contribution in [3.63, 3.8) is 0 Å². The molecule has 0 fully saturated rings. The average molecular weight is 319 g/mol. The Morgan fingerprint density at radius 1 is 1.24 bits per heavy atom. The molecular formula is C14H21BrClN. The Morgan fingerprint density at radius 3 is 2.29 bits per heavy atom. The molecule has 0 unspecified atom stereocenters. The second-order valence-electron chi connectivity index (χ2n) is 5.06. The maximum Gasteiger partial charge on any atom is 0.0513 e. The summed E-state index contributed by atoms with van der Waals surface area (Å²) in [5.74, 6) is 1.21. The minimum absolute atomic E-state index is 0.496. The lowest BCUT2D eigenvalue weighted by Crippen LogP contribution is -2.34. The Morgan fingerprint density at radius 2 is 1.88 bits per heavy atom. The van der Waals surface area contributed by atoms with E-state index >= 15 is 0 Å². The molecule has 0 bridgehead atoms. The summed E-state index contributed by atoms with van der Waals surface area (Å²) in [5, 5.41) is 0. The van der Waals surface area contributed by atoms with E-state index in [9.17, 15) is 0 Å². The van der Waals surface area contributed by atoms with Crippen LogP contribution in [0.5, 0.6) is 0 Å². The van der Waals surface area contributed by atoms with E-state index in [4.69, 9.17) is 11.6 Å². The summed E-state index contributed by atoms with van der Waals surface area (Å²) in [7, 11) is 0. The van der Waals surface area contributed by atoms with E-state index < -0.39 is 0 Å². The third-order valence-electron chi connectivity index (χ3n) is 2.66. The van der Waals surface area contributed by atoms with Gasteiger partial charge in [-0.15, -0.1) is 11.6 Å². The lowest BCUT2D eigenvalue weighted by Gasteiger charge is -2.31. The van der Waals surface area contributed by atoms with E-state index in [1.54, 1.807) is 0 Å². The van der Waals surface area contributed by atoms with Gasteiger partial charge in [-0.25, -0.2) is 0 Å². The first-order valence-electron chi connectivity index (χ1n) is 6.06. The molecule has 1 rings (SSSR count). The third kappa shape index (κ3) is 4.18. The Hall–Kier alpha value is -0.210. The molecule has 0 N–H and O–H groups in total. The van der Waals surface area contributed by atoms with E-state index in [0.717, 1.165) is 16.6 Å². The van der Waals surface area contributed by atoms with Gasteiger partial charge in [-0.1, -0.05) is 19.9 Å². The van der Waals surface area contributed by atoms with Gasteiger partial charge in [0.1, 0.15) is 0 Å². The molecule has 0 aliphatic heterocycles. The molecule has 3 heteroatoms. The molecule has 1 aromatic rings. The molecule has 96 valence electrons. The Balaban J connectivity index is 3.01. The number of rotatable bonds is 5. The molecule has 0 heterocycles. The summed E-state index contributed by atoms with van der Waals surface area (Å²) < 4.78 is 1.13. The molecule has 0 radical (unpaired) electrons. The molecule has 0 saturated carbocycles. The first-order valence-corrected chi connectivity index (χ1v) is 7.39. The summed E-state index contributed by atoms with van der Waals surface area (Å²) in [5.41, 5.74) is 2.40. The van der Waals surface area contributed by atoms with Gasteiger partial charge in [0.2, 0.25) is 0 Å². The molecule has 0 amide bonds. The fourth-order valence-electron chi connectivity index (χ4n) is 1.85. The smallest absolute Gasteiger partial charge is 0.0513 e. The molecular weight excluding hydrogens is 298 g/mol. The van der Waals surface area contributed by atoms with E-state index in [2.05, 4.69) is 66.7 Å². The van der Waals surface area contributed by atoms with Gasteiger partial charge in [-0.2, -0.15) is 0 Å². The first kappa shape index (κ1) is 14.8. The van der Waals surface area contributed by atoms with Crippen molar-refractivity contribution in [2.45, 2.75) is 39.6 Å². The molecule has 0 aromatic heterocycles. The largest absolute Gasteiger partial charge is 0.368 e. The standard InChI is InChI=1S/C14H21BrClN/c1-10(2)9-17(11(3)4)14-6-5-12(8-16)7-13(14)15/h5-7,10-11H,8-9H2,1-4H3. The Labute approximate surface area is 118 Å². The number of hydrogen-bond donors (Lipinski definition) is 0. The molecule has 0 aliphatic carbocycles. The van der Waals surface area contributed by atoms with E-state index in [1.807, 2.05) is 0 Å². The number of anilines is 1. The maximum atomic E-state index is 5.84. The van der Waals surface area contributed by atoms with Crippen molar-refractivity contribution in [2.75, 3.05) is 11.4 Å². The lowest BCUT2D eigenvalue weighted by atomic mass is 10.1. The number of hydrogen-bond acceptors (Lipinski definition) is 1. The topological polar surface area (TPSA) is 3.24 Å². The lowest BCUT2D eigenvalue weighted by molar-refractivity contribution is 0.570. The molecule has 0 spiro atoms. The van der Waals surface area contributed by atoms with E-state index in [-0.39, 0.29) is 0 Å². The zero-order chi connectivity index (χ0) is 13.0. The predicted octanol–water partition coefficient (Wildman–Crippen LogP) is 5.06. The van der Waals surface area contributed by atoms with Gasteiger partial charge in [0.25, 0.3) is 0 Å². The van der Waals surface area contributed by atoms with Crippen molar-refractivity contribution in [2.24, 2.45) is 5.92 Å². The average Bonchev–Trinajstić information content (AvgIpc) is 2.25. The van der Waals surface area contributed by atoms with Crippen molar-refractivity contribution >= 4 is 33.2 Å². The fraction of sp³-hybridized carbons (Fsp3) is 0.571. The highest BCUT2D eigenvalue weighted by molar-refractivity contribution is 9.10. The predicted molar refractivity (Wildman–Crippen MR) is 81.0 cm³/mol. The SMILES string of the molecule is CC(C)CN(c1ccc(CCl)cc1Br)C(C)C. The van der Waals surface area contributed by atoms with Crippen LogP contribution >= 0.6 is 27.5 Å². The van der Waals surface area contributed by atoms with Gasteiger partial charge in [0.15, 0.2) is 0 Å². The summed E-state index contributed by atoms with van der Waals surface area (Å²) >= 11 is 9.49. The molecule has 0 aliphatic rings. The van der Waals surface area contributed by atoms with Crippen molar-refractivity contribution in [3.8, 4) is 0 Å². The summed E-state index contributed by atoms with van der Waals surface area (Å²) in [4.78, 5) is 2.42. The minimum Gasteiger partial charge on any atom is -0.368 e. The molecule has 0 atom stereocenters. The zero-order valence-electron chi connectivity index (χ0n) is 11.0. The second-order valence-corrected chi connectivity index (χ2v) is 6.18. The quantitative estimate of drug-likeness (QED) is 0.686. The highest BCUT2D eigenvalue weighted by Gasteiger charge is 2.15. The highest BCUT2D eigenvalue weighted by Crippen LogP contribution is 2.30. The maximum absolute atomic E-state index is 5.84. The van der Waals surface area contributed by atoms with Crippen molar-refractivity contribution in [3.05, 3.63) is 28.2 Å². The van der Waals surface area contributed by atoms with Crippen LogP contribution in [-0.2, 0) is 5.88 Å². The Kier molecular flexibility index (Phi) is 5.81. The van der Waals surface area contributed by atoms with Crippen molar-refractivity contribution < 1.29 is 0 Å². The van der Waals surface area contributed by atoms with Crippen LogP contribution in [0.3, 0.4) is 0 Å². The van der Waals surface area contributed by atoms with Crippen LogP contribution in [0.2, 0.25) is 0 Å². The van der Waals surface area contributed by atoms with Crippen molar-refractivity contribution in [1.29, 1.82) is 0 Å². The van der Waals surface area contributed by atoms with Crippen molar-refractivity contribution in [1.82, 2.24) is 0 Å². The van der Waals surface area contributed by atoms with Crippen LogP contribution in [-0.4, -0.2) is 12.6 Å². The van der Waals surface area contributed by atoms with Crippen LogP contribution in [0.15, 0.2) is 22.7 Å². The summed E-state index contributed by atoms with van der Waals surface area (Å²) in [6, 6.07) is 6.86. The van der Waals surface area contributed by atoms with E-state index in [1.165, 1.54) is 5.69 Å². The van der Waals surface area contributed by atoms with Crippen LogP contribution in [0, 0.1) is 5.92 Å².